The van der Waals surface area contributed by atoms with Crippen LogP contribution >= 0.6 is 0 Å². The van der Waals surface area contributed by atoms with Gasteiger partial charge >= 0.3 is 0 Å². The summed E-state index contributed by atoms with van der Waals surface area (Å²) in [7, 11) is 0. The van der Waals surface area contributed by atoms with Gasteiger partial charge in [0.15, 0.2) is 5.82 Å². The summed E-state index contributed by atoms with van der Waals surface area (Å²) >= 11 is 0. The zero-order valence-corrected chi connectivity index (χ0v) is 14.5. The maximum atomic E-state index is 4.83. The number of nitrogens with zero attached hydrogens (tertiary/aromatic N) is 5. The average molecular weight is 333 g/mol. The molecule has 0 amide bonds. The summed E-state index contributed by atoms with van der Waals surface area (Å²) in [6.45, 7) is 5.35. The Morgan fingerprint density at radius 2 is 2.16 bits per heavy atom. The van der Waals surface area contributed by atoms with Crippen molar-refractivity contribution in [2.45, 2.75) is 32.2 Å². The molecular formula is C20H23N5. The fourth-order valence-electron chi connectivity index (χ4n) is 3.60. The second-order valence-corrected chi connectivity index (χ2v) is 6.84. The number of likely N-dealkylation sites (tertiary alicyclic amines) is 1. The Morgan fingerprint density at radius 1 is 1.20 bits per heavy atom. The molecule has 25 heavy (non-hydrogen) atoms. The number of rotatable bonds is 4. The van der Waals surface area contributed by atoms with Crippen LogP contribution in [-0.4, -0.2) is 37.5 Å². The minimum atomic E-state index is 0.439. The van der Waals surface area contributed by atoms with Crippen LogP contribution in [0.2, 0.25) is 0 Å². The second-order valence-electron chi connectivity index (χ2n) is 6.84. The molecule has 5 nitrogen and oxygen atoms in total. The number of aryl methyl sites for hydroxylation is 1. The predicted molar refractivity (Wildman–Crippen MR) is 97.6 cm³/mol. The molecule has 1 atom stereocenters. The molecule has 128 valence electrons. The van der Waals surface area contributed by atoms with E-state index in [0.29, 0.717) is 5.92 Å². The van der Waals surface area contributed by atoms with Gasteiger partial charge < -0.3 is 0 Å². The average Bonchev–Trinajstić information content (AvgIpc) is 3.17. The smallest absolute Gasteiger partial charge is 0.156 e. The first-order chi connectivity index (χ1) is 12.3. The number of hydrogen-bond acceptors (Lipinski definition) is 4. The van der Waals surface area contributed by atoms with Crippen LogP contribution in [0.25, 0.3) is 5.82 Å². The Kier molecular flexibility index (Phi) is 4.57. The van der Waals surface area contributed by atoms with Crippen LogP contribution in [0.3, 0.4) is 0 Å². The van der Waals surface area contributed by atoms with Crippen molar-refractivity contribution in [3.63, 3.8) is 0 Å². The third-order valence-electron chi connectivity index (χ3n) is 4.82. The summed E-state index contributed by atoms with van der Waals surface area (Å²) < 4.78 is 1.91. The molecule has 1 saturated heterocycles. The lowest BCUT2D eigenvalue weighted by Crippen LogP contribution is -2.34. The van der Waals surface area contributed by atoms with Crippen molar-refractivity contribution in [1.29, 1.82) is 0 Å². The highest BCUT2D eigenvalue weighted by Crippen LogP contribution is 2.26. The number of imidazole rings is 1. The van der Waals surface area contributed by atoms with Crippen LogP contribution in [0.4, 0.5) is 0 Å². The van der Waals surface area contributed by atoms with E-state index < -0.39 is 0 Å². The van der Waals surface area contributed by atoms with E-state index in [2.05, 4.69) is 46.1 Å². The van der Waals surface area contributed by atoms with Gasteiger partial charge in [0.25, 0.3) is 0 Å². The van der Waals surface area contributed by atoms with Crippen molar-refractivity contribution in [3.05, 3.63) is 72.2 Å². The quantitative estimate of drug-likeness (QED) is 0.734. The van der Waals surface area contributed by atoms with Gasteiger partial charge in [-0.15, -0.1) is 0 Å². The Balaban J connectivity index is 1.49. The summed E-state index contributed by atoms with van der Waals surface area (Å²) in [6.07, 6.45) is 11.5. The molecule has 2 aromatic heterocycles. The predicted octanol–water partition coefficient (Wildman–Crippen LogP) is 3.35. The van der Waals surface area contributed by atoms with Crippen molar-refractivity contribution in [1.82, 2.24) is 24.4 Å². The van der Waals surface area contributed by atoms with Crippen LogP contribution in [0.5, 0.6) is 0 Å². The molecule has 3 aromatic rings. The Hall–Kier alpha value is -2.53. The summed E-state index contributed by atoms with van der Waals surface area (Å²) in [5.74, 6) is 1.28. The summed E-state index contributed by atoms with van der Waals surface area (Å²) in [5, 5.41) is 0. The minimum Gasteiger partial charge on any atom is -0.298 e. The van der Waals surface area contributed by atoms with E-state index in [9.17, 15) is 0 Å². The molecule has 4 rings (SSSR count). The summed E-state index contributed by atoms with van der Waals surface area (Å²) in [4.78, 5) is 15.9. The lowest BCUT2D eigenvalue weighted by atomic mass is 9.94. The van der Waals surface area contributed by atoms with Crippen LogP contribution in [0.1, 0.15) is 35.6 Å². The maximum absolute atomic E-state index is 4.83. The third kappa shape index (κ3) is 3.77. The van der Waals surface area contributed by atoms with Crippen LogP contribution < -0.4 is 0 Å². The zero-order valence-electron chi connectivity index (χ0n) is 14.5. The van der Waals surface area contributed by atoms with E-state index in [1.165, 1.54) is 24.0 Å². The summed E-state index contributed by atoms with van der Waals surface area (Å²) in [5.41, 5.74) is 3.80. The van der Waals surface area contributed by atoms with Crippen LogP contribution in [0.15, 0.2) is 55.4 Å². The van der Waals surface area contributed by atoms with Gasteiger partial charge in [-0.25, -0.2) is 9.97 Å². The van der Waals surface area contributed by atoms with Gasteiger partial charge in [0, 0.05) is 37.6 Å². The number of aromatic nitrogens is 4. The molecule has 1 aromatic carbocycles. The third-order valence-corrected chi connectivity index (χ3v) is 4.82. The van der Waals surface area contributed by atoms with Gasteiger partial charge in [0.05, 0.1) is 11.9 Å². The molecule has 1 aliphatic rings. The largest absolute Gasteiger partial charge is 0.298 e. The molecule has 1 aliphatic heterocycles. The molecule has 0 unspecified atom stereocenters. The Labute approximate surface area is 148 Å². The van der Waals surface area contributed by atoms with Crippen molar-refractivity contribution in [2.24, 2.45) is 0 Å². The minimum absolute atomic E-state index is 0.439. The number of benzene rings is 1. The van der Waals surface area contributed by atoms with E-state index >= 15 is 0 Å². The zero-order chi connectivity index (χ0) is 17.1. The Bertz CT molecular complexity index is 828. The molecule has 0 aliphatic carbocycles. The van der Waals surface area contributed by atoms with Gasteiger partial charge in [-0.3, -0.25) is 14.5 Å². The fourth-order valence-corrected chi connectivity index (χ4v) is 3.60. The first-order valence-corrected chi connectivity index (χ1v) is 8.86. The normalized spacial score (nSPS) is 18.4. The Morgan fingerprint density at radius 3 is 3.00 bits per heavy atom. The van der Waals surface area contributed by atoms with Crippen molar-refractivity contribution >= 4 is 0 Å². The summed E-state index contributed by atoms with van der Waals surface area (Å²) in [6, 6.07) is 8.80. The molecule has 1 fully saturated rings. The van der Waals surface area contributed by atoms with Gasteiger partial charge in [0.1, 0.15) is 6.33 Å². The highest BCUT2D eigenvalue weighted by molar-refractivity contribution is 5.23. The van der Waals surface area contributed by atoms with E-state index in [4.69, 9.17) is 4.98 Å². The molecule has 0 radical (unpaired) electrons. The van der Waals surface area contributed by atoms with Crippen LogP contribution in [0, 0.1) is 6.92 Å². The lowest BCUT2D eigenvalue weighted by Gasteiger charge is -2.32. The van der Waals surface area contributed by atoms with Gasteiger partial charge in [-0.05, 0) is 31.9 Å². The second kappa shape index (κ2) is 7.15. The maximum Gasteiger partial charge on any atom is 0.156 e. The monoisotopic (exact) mass is 333 g/mol. The molecule has 3 heterocycles. The van der Waals surface area contributed by atoms with Crippen molar-refractivity contribution in [2.75, 3.05) is 13.1 Å². The van der Waals surface area contributed by atoms with E-state index in [0.717, 1.165) is 31.1 Å². The van der Waals surface area contributed by atoms with E-state index in [1.54, 1.807) is 18.7 Å². The fraction of sp³-hybridized carbons (Fsp3) is 0.350. The molecule has 0 bridgehead atoms. The highest BCUT2D eigenvalue weighted by Gasteiger charge is 2.23. The topological polar surface area (TPSA) is 46.8 Å². The molecule has 0 saturated carbocycles. The SMILES string of the molecule is Cc1cccc(CN2CCC[C@H](c3cncc(-n4ccnc4)n3)C2)c1. The standard InChI is InChI=1S/C20H23N5/c1-16-4-2-5-17(10-16)13-24-8-3-6-18(14-24)19-11-22-12-20(23-19)25-9-7-21-15-25/h2,4-5,7,9-12,15,18H,3,6,8,13-14H2,1H3/t18-/m0/s1. The molecular weight excluding hydrogens is 310 g/mol. The first kappa shape index (κ1) is 16.0. The van der Waals surface area contributed by atoms with Crippen molar-refractivity contribution < 1.29 is 0 Å². The highest BCUT2D eigenvalue weighted by atomic mass is 15.1. The van der Waals surface area contributed by atoms with Gasteiger partial charge in [-0.1, -0.05) is 29.8 Å². The molecule has 0 spiro atoms. The number of piperidine rings is 1. The van der Waals surface area contributed by atoms with Crippen LogP contribution in [-0.2, 0) is 6.54 Å². The molecule has 0 N–H and O–H groups in total. The molecule has 5 heteroatoms. The van der Waals surface area contributed by atoms with Gasteiger partial charge in [0.2, 0.25) is 0 Å². The van der Waals surface area contributed by atoms with Crippen molar-refractivity contribution in [3.8, 4) is 5.82 Å². The lowest BCUT2D eigenvalue weighted by molar-refractivity contribution is 0.198. The van der Waals surface area contributed by atoms with Gasteiger partial charge in [-0.2, -0.15) is 0 Å². The van der Waals surface area contributed by atoms with E-state index in [1.807, 2.05) is 17.0 Å². The van der Waals surface area contributed by atoms with E-state index in [-0.39, 0.29) is 0 Å². The first-order valence-electron chi connectivity index (χ1n) is 8.86. The number of hydrogen-bond donors (Lipinski definition) is 0.